The van der Waals surface area contributed by atoms with Crippen LogP contribution < -0.4 is 0 Å². The summed E-state index contributed by atoms with van der Waals surface area (Å²) in [5.41, 5.74) is 2.19. The fraction of sp³-hybridized carbons (Fsp3) is 0.533. The summed E-state index contributed by atoms with van der Waals surface area (Å²) < 4.78 is 2.33. The monoisotopic (exact) mass is 279 g/mol. The van der Waals surface area contributed by atoms with Crippen molar-refractivity contribution in [2.24, 2.45) is 0 Å². The van der Waals surface area contributed by atoms with Gasteiger partial charge in [0.1, 0.15) is 5.82 Å². The fourth-order valence-electron chi connectivity index (χ4n) is 2.34. The Kier molecular flexibility index (Phi) is 4.48. The van der Waals surface area contributed by atoms with Gasteiger partial charge in [0.05, 0.1) is 11.0 Å². The summed E-state index contributed by atoms with van der Waals surface area (Å²) in [4.78, 5) is 6.95. The van der Waals surface area contributed by atoms with Crippen molar-refractivity contribution < 1.29 is 0 Å². The topological polar surface area (TPSA) is 21.1 Å². The maximum atomic E-state index is 6.05. The summed E-state index contributed by atoms with van der Waals surface area (Å²) >= 11 is 6.05. The molecule has 3 nitrogen and oxygen atoms in total. The quantitative estimate of drug-likeness (QED) is 0.831. The Morgan fingerprint density at radius 1 is 1.32 bits per heavy atom. The van der Waals surface area contributed by atoms with Crippen LogP contribution in [-0.4, -0.2) is 35.1 Å². The van der Waals surface area contributed by atoms with Crippen molar-refractivity contribution in [3.63, 3.8) is 0 Å². The van der Waals surface area contributed by atoms with Crippen molar-refractivity contribution in [3.8, 4) is 0 Å². The van der Waals surface area contributed by atoms with Crippen LogP contribution in [0.3, 0.4) is 0 Å². The first-order valence-corrected chi connectivity index (χ1v) is 7.17. The molecule has 19 heavy (non-hydrogen) atoms. The summed E-state index contributed by atoms with van der Waals surface area (Å²) in [6.45, 7) is 6.46. The molecule has 2 aromatic rings. The molecule has 0 amide bonds. The van der Waals surface area contributed by atoms with Crippen LogP contribution in [0.5, 0.6) is 0 Å². The van der Waals surface area contributed by atoms with Gasteiger partial charge in [0.15, 0.2) is 0 Å². The molecule has 0 N–H and O–H groups in total. The van der Waals surface area contributed by atoms with Crippen LogP contribution in [0.15, 0.2) is 18.2 Å². The molecule has 0 aliphatic carbocycles. The average Bonchev–Trinajstić information content (AvgIpc) is 2.67. The SMILES string of the molecule is CC(C)c1nc2cc(Cl)ccc2n1CCCN(C)C. The number of aromatic nitrogens is 2. The molecule has 0 bridgehead atoms. The van der Waals surface area contributed by atoms with Crippen LogP contribution in [0.4, 0.5) is 0 Å². The molecule has 0 atom stereocenters. The molecule has 2 rings (SSSR count). The van der Waals surface area contributed by atoms with E-state index >= 15 is 0 Å². The van der Waals surface area contributed by atoms with Gasteiger partial charge in [-0.05, 0) is 45.3 Å². The smallest absolute Gasteiger partial charge is 0.112 e. The van der Waals surface area contributed by atoms with E-state index in [4.69, 9.17) is 16.6 Å². The minimum absolute atomic E-state index is 0.422. The molecule has 0 radical (unpaired) electrons. The van der Waals surface area contributed by atoms with E-state index in [0.717, 1.165) is 35.9 Å². The van der Waals surface area contributed by atoms with Crippen LogP contribution >= 0.6 is 11.6 Å². The number of hydrogen-bond donors (Lipinski definition) is 0. The van der Waals surface area contributed by atoms with Gasteiger partial charge in [-0.2, -0.15) is 0 Å². The number of fused-ring (bicyclic) bond motifs is 1. The zero-order valence-electron chi connectivity index (χ0n) is 12.2. The van der Waals surface area contributed by atoms with E-state index in [-0.39, 0.29) is 0 Å². The number of aryl methyl sites for hydroxylation is 1. The lowest BCUT2D eigenvalue weighted by Crippen LogP contribution is -2.16. The second-order valence-corrected chi connectivity index (χ2v) is 6.00. The maximum Gasteiger partial charge on any atom is 0.112 e. The van der Waals surface area contributed by atoms with Gasteiger partial charge in [-0.25, -0.2) is 4.98 Å². The van der Waals surface area contributed by atoms with E-state index in [1.165, 1.54) is 5.52 Å². The van der Waals surface area contributed by atoms with Crippen LogP contribution in [0.25, 0.3) is 11.0 Å². The first kappa shape index (κ1) is 14.4. The normalized spacial score (nSPS) is 11.9. The Balaban J connectivity index is 2.35. The molecular weight excluding hydrogens is 258 g/mol. The Bertz CT molecular complexity index is 558. The van der Waals surface area contributed by atoms with Gasteiger partial charge in [-0.1, -0.05) is 25.4 Å². The van der Waals surface area contributed by atoms with Crippen molar-refractivity contribution >= 4 is 22.6 Å². The predicted molar refractivity (Wildman–Crippen MR) is 82.0 cm³/mol. The molecule has 1 aromatic carbocycles. The molecule has 0 fully saturated rings. The third-order valence-electron chi connectivity index (χ3n) is 3.24. The standard InChI is InChI=1S/C15H22ClN3/c1-11(2)15-17-13-10-12(16)6-7-14(13)19(15)9-5-8-18(3)4/h6-7,10-11H,5,8-9H2,1-4H3. The lowest BCUT2D eigenvalue weighted by atomic mass is 10.2. The first-order chi connectivity index (χ1) is 8.99. The van der Waals surface area contributed by atoms with E-state index in [0.29, 0.717) is 5.92 Å². The molecule has 0 aliphatic heterocycles. The van der Waals surface area contributed by atoms with Crippen molar-refractivity contribution in [2.45, 2.75) is 32.7 Å². The van der Waals surface area contributed by atoms with E-state index in [9.17, 15) is 0 Å². The molecule has 0 saturated carbocycles. The highest BCUT2D eigenvalue weighted by Gasteiger charge is 2.13. The zero-order valence-corrected chi connectivity index (χ0v) is 12.9. The number of hydrogen-bond acceptors (Lipinski definition) is 2. The predicted octanol–water partition coefficient (Wildman–Crippen LogP) is 3.76. The molecule has 0 saturated heterocycles. The molecule has 0 unspecified atom stereocenters. The van der Waals surface area contributed by atoms with Gasteiger partial charge < -0.3 is 9.47 Å². The van der Waals surface area contributed by atoms with Gasteiger partial charge in [0, 0.05) is 17.5 Å². The summed E-state index contributed by atoms with van der Waals surface area (Å²) in [6.07, 6.45) is 1.13. The van der Waals surface area contributed by atoms with Crippen LogP contribution in [0.2, 0.25) is 5.02 Å². The number of halogens is 1. The Morgan fingerprint density at radius 2 is 2.05 bits per heavy atom. The second kappa shape index (κ2) is 5.93. The number of benzene rings is 1. The third-order valence-corrected chi connectivity index (χ3v) is 3.48. The molecule has 0 spiro atoms. The van der Waals surface area contributed by atoms with Crippen molar-refractivity contribution in [1.29, 1.82) is 0 Å². The Hall–Kier alpha value is -1.06. The highest BCUT2D eigenvalue weighted by atomic mass is 35.5. The number of rotatable bonds is 5. The van der Waals surface area contributed by atoms with Crippen LogP contribution in [0.1, 0.15) is 32.0 Å². The Labute approximate surface area is 120 Å². The molecule has 0 aliphatic rings. The molecule has 4 heteroatoms. The summed E-state index contributed by atoms with van der Waals surface area (Å²) in [6, 6.07) is 5.97. The highest BCUT2D eigenvalue weighted by molar-refractivity contribution is 6.31. The molecule has 1 heterocycles. The minimum atomic E-state index is 0.422. The number of nitrogens with zero attached hydrogens (tertiary/aromatic N) is 3. The first-order valence-electron chi connectivity index (χ1n) is 6.79. The van der Waals surface area contributed by atoms with Gasteiger partial charge in [-0.3, -0.25) is 0 Å². The largest absolute Gasteiger partial charge is 0.328 e. The lowest BCUT2D eigenvalue weighted by Gasteiger charge is -2.13. The van der Waals surface area contributed by atoms with Crippen molar-refractivity contribution in [1.82, 2.24) is 14.5 Å². The molecule has 1 aromatic heterocycles. The van der Waals surface area contributed by atoms with Gasteiger partial charge in [0.2, 0.25) is 0 Å². The lowest BCUT2D eigenvalue weighted by molar-refractivity contribution is 0.385. The van der Waals surface area contributed by atoms with Gasteiger partial charge in [-0.15, -0.1) is 0 Å². The summed E-state index contributed by atoms with van der Waals surface area (Å²) in [5, 5.41) is 0.751. The van der Waals surface area contributed by atoms with E-state index in [2.05, 4.69) is 43.5 Å². The van der Waals surface area contributed by atoms with Crippen LogP contribution in [0, 0.1) is 0 Å². The van der Waals surface area contributed by atoms with Gasteiger partial charge >= 0.3 is 0 Å². The van der Waals surface area contributed by atoms with Crippen LogP contribution in [-0.2, 0) is 6.54 Å². The zero-order chi connectivity index (χ0) is 14.0. The fourth-order valence-corrected chi connectivity index (χ4v) is 2.51. The summed E-state index contributed by atoms with van der Waals surface area (Å²) in [7, 11) is 4.21. The maximum absolute atomic E-state index is 6.05. The van der Waals surface area contributed by atoms with E-state index in [1.54, 1.807) is 0 Å². The average molecular weight is 280 g/mol. The second-order valence-electron chi connectivity index (χ2n) is 5.57. The van der Waals surface area contributed by atoms with E-state index < -0.39 is 0 Å². The number of imidazole rings is 1. The minimum Gasteiger partial charge on any atom is -0.328 e. The molecular formula is C15H22ClN3. The highest BCUT2D eigenvalue weighted by Crippen LogP contribution is 2.24. The summed E-state index contributed by atoms with van der Waals surface area (Å²) in [5.74, 6) is 1.57. The Morgan fingerprint density at radius 3 is 2.68 bits per heavy atom. The molecule has 104 valence electrons. The van der Waals surface area contributed by atoms with E-state index in [1.807, 2.05) is 12.1 Å². The van der Waals surface area contributed by atoms with Crippen molar-refractivity contribution in [3.05, 3.63) is 29.0 Å². The van der Waals surface area contributed by atoms with Gasteiger partial charge in [0.25, 0.3) is 0 Å². The van der Waals surface area contributed by atoms with Crippen molar-refractivity contribution in [2.75, 3.05) is 20.6 Å². The third kappa shape index (κ3) is 3.28.